The lowest BCUT2D eigenvalue weighted by Crippen LogP contribution is -2.40. The summed E-state index contributed by atoms with van der Waals surface area (Å²) in [7, 11) is 0. The minimum atomic E-state index is -4.72. The first-order valence-electron chi connectivity index (χ1n) is 9.30. The molecular formula is C21H15Cl3F6N2O2. The largest absolute Gasteiger partial charge is 0.416 e. The predicted molar refractivity (Wildman–Crippen MR) is 117 cm³/mol. The molecular weight excluding hydrogens is 533 g/mol. The van der Waals surface area contributed by atoms with Gasteiger partial charge in [-0.15, -0.1) is 0 Å². The first-order chi connectivity index (χ1) is 15.7. The molecule has 2 aromatic rings. The molecule has 2 amide bonds. The van der Waals surface area contributed by atoms with Gasteiger partial charge in [-0.3, -0.25) is 9.59 Å². The Labute approximate surface area is 204 Å². The second kappa shape index (κ2) is 11.3. The number of carbonyl (C=O) groups is 2. The lowest BCUT2D eigenvalue weighted by molar-refractivity contribution is -0.137. The monoisotopic (exact) mass is 546 g/mol. The van der Waals surface area contributed by atoms with E-state index in [1.54, 1.807) is 5.32 Å². The van der Waals surface area contributed by atoms with Crippen molar-refractivity contribution < 1.29 is 35.9 Å². The number of carbonyl (C=O) groups excluding carboxylic acids is 2. The van der Waals surface area contributed by atoms with Crippen LogP contribution in [0.1, 0.15) is 21.5 Å². The van der Waals surface area contributed by atoms with Crippen LogP contribution in [0.25, 0.3) is 5.57 Å². The zero-order valence-corrected chi connectivity index (χ0v) is 19.1. The number of halogens is 9. The van der Waals surface area contributed by atoms with Gasteiger partial charge in [-0.1, -0.05) is 53.0 Å². The van der Waals surface area contributed by atoms with Crippen molar-refractivity contribution in [2.24, 2.45) is 0 Å². The molecule has 0 fully saturated rings. The van der Waals surface area contributed by atoms with Gasteiger partial charge in [0.2, 0.25) is 5.91 Å². The van der Waals surface area contributed by atoms with Gasteiger partial charge < -0.3 is 10.6 Å². The van der Waals surface area contributed by atoms with Gasteiger partial charge in [-0.05, 0) is 41.8 Å². The number of nitrogens with one attached hydrogen (secondary N) is 2. The smallest absolute Gasteiger partial charge is 0.345 e. The van der Waals surface area contributed by atoms with Crippen LogP contribution in [0, 0.1) is 0 Å². The predicted octanol–water partition coefficient (Wildman–Crippen LogP) is 6.24. The second-order valence-electron chi connectivity index (χ2n) is 6.85. The summed E-state index contributed by atoms with van der Waals surface area (Å²) in [5, 5.41) is 3.40. The van der Waals surface area contributed by atoms with Gasteiger partial charge >= 0.3 is 12.4 Å². The van der Waals surface area contributed by atoms with Crippen molar-refractivity contribution in [1.29, 1.82) is 0 Å². The number of alkyl halides is 6. The quantitative estimate of drug-likeness (QED) is 0.318. The highest BCUT2D eigenvalue weighted by Crippen LogP contribution is 2.39. The Morgan fingerprint density at radius 2 is 1.41 bits per heavy atom. The molecule has 2 N–H and O–H groups in total. The van der Waals surface area contributed by atoms with Gasteiger partial charge in [0, 0.05) is 5.56 Å². The molecule has 2 aromatic carbocycles. The minimum absolute atomic E-state index is 0.0589. The van der Waals surface area contributed by atoms with E-state index in [1.807, 2.05) is 0 Å². The van der Waals surface area contributed by atoms with Crippen LogP contribution in [0.3, 0.4) is 0 Å². The molecule has 0 aliphatic carbocycles. The lowest BCUT2D eigenvalue weighted by atomic mass is 10.0. The molecule has 34 heavy (non-hydrogen) atoms. The Hall–Kier alpha value is -2.43. The fourth-order valence-electron chi connectivity index (χ4n) is 2.64. The van der Waals surface area contributed by atoms with Crippen LogP contribution in [0.4, 0.5) is 26.3 Å². The molecule has 2 rings (SSSR count). The zero-order valence-electron chi connectivity index (χ0n) is 16.9. The molecule has 0 saturated carbocycles. The van der Waals surface area contributed by atoms with Crippen molar-refractivity contribution in [2.75, 3.05) is 13.1 Å². The molecule has 0 aromatic heterocycles. The van der Waals surface area contributed by atoms with Crippen LogP contribution in [-0.2, 0) is 11.2 Å². The number of rotatable bonds is 7. The normalized spacial score (nSPS) is 12.4. The van der Waals surface area contributed by atoms with E-state index in [0.29, 0.717) is 5.56 Å². The van der Waals surface area contributed by atoms with Crippen LogP contribution >= 0.6 is 34.8 Å². The van der Waals surface area contributed by atoms with Crippen molar-refractivity contribution in [1.82, 2.24) is 10.6 Å². The van der Waals surface area contributed by atoms with Crippen LogP contribution in [-0.4, -0.2) is 37.3 Å². The van der Waals surface area contributed by atoms with E-state index in [1.165, 1.54) is 24.3 Å². The maximum absolute atomic E-state index is 13.6. The molecule has 4 nitrogen and oxygen atoms in total. The second-order valence-corrected chi connectivity index (χ2v) is 8.04. The van der Waals surface area contributed by atoms with Crippen LogP contribution in [0.2, 0.25) is 15.1 Å². The standard InChI is InChI=1S/C21H15Cl3F6N2O2/c22-15-7-13(8-16(23)18(15)24)14(21(28,29)30)6-3-11-1-4-12(5-2-11)19(34)31-9-17(33)32-10-20(25,26)27/h1-2,4-8H,3,9-10H2,(H,31,34)(H,32,33). The molecule has 13 heteroatoms. The van der Waals surface area contributed by atoms with Gasteiger partial charge in [-0.25, -0.2) is 0 Å². The third-order valence-electron chi connectivity index (χ3n) is 4.25. The summed E-state index contributed by atoms with van der Waals surface area (Å²) in [5.74, 6) is -1.78. The van der Waals surface area contributed by atoms with E-state index in [-0.39, 0.29) is 32.6 Å². The Bertz CT molecular complexity index is 1060. The maximum Gasteiger partial charge on any atom is 0.416 e. The molecule has 0 spiro atoms. The van der Waals surface area contributed by atoms with E-state index >= 15 is 0 Å². The van der Waals surface area contributed by atoms with Crippen molar-refractivity contribution in [2.45, 2.75) is 18.8 Å². The fourth-order valence-corrected chi connectivity index (χ4v) is 3.24. The molecule has 0 bridgehead atoms. The average Bonchev–Trinajstić information content (AvgIpc) is 2.73. The Morgan fingerprint density at radius 3 is 1.91 bits per heavy atom. The van der Waals surface area contributed by atoms with Crippen molar-refractivity contribution in [3.8, 4) is 0 Å². The number of hydrogen-bond acceptors (Lipinski definition) is 2. The topological polar surface area (TPSA) is 58.2 Å². The number of benzene rings is 2. The molecule has 0 aliphatic heterocycles. The van der Waals surface area contributed by atoms with Gasteiger partial charge in [0.05, 0.1) is 27.2 Å². The van der Waals surface area contributed by atoms with Crippen LogP contribution < -0.4 is 10.6 Å². The summed E-state index contributed by atoms with van der Waals surface area (Å²) >= 11 is 17.5. The summed E-state index contributed by atoms with van der Waals surface area (Å²) < 4.78 is 76.9. The summed E-state index contributed by atoms with van der Waals surface area (Å²) in [4.78, 5) is 23.4. The minimum Gasteiger partial charge on any atom is -0.345 e. The first kappa shape index (κ1) is 27.8. The third-order valence-corrected chi connectivity index (χ3v) is 5.45. The highest BCUT2D eigenvalue weighted by molar-refractivity contribution is 6.48. The molecule has 0 saturated heterocycles. The molecule has 0 aliphatic rings. The fraction of sp³-hybridized carbons (Fsp3) is 0.238. The maximum atomic E-state index is 13.6. The van der Waals surface area contributed by atoms with Gasteiger partial charge in [-0.2, -0.15) is 26.3 Å². The van der Waals surface area contributed by atoms with E-state index in [2.05, 4.69) is 5.32 Å². The lowest BCUT2D eigenvalue weighted by Gasteiger charge is -2.14. The number of allylic oxidation sites excluding steroid dienone is 2. The van der Waals surface area contributed by atoms with Crippen LogP contribution in [0.15, 0.2) is 42.5 Å². The van der Waals surface area contributed by atoms with Crippen molar-refractivity contribution >= 4 is 52.2 Å². The summed E-state index contributed by atoms with van der Waals surface area (Å²) in [6, 6.07) is 7.49. The van der Waals surface area contributed by atoms with E-state index in [9.17, 15) is 35.9 Å². The van der Waals surface area contributed by atoms with Crippen LogP contribution in [0.5, 0.6) is 0 Å². The summed E-state index contributed by atoms with van der Waals surface area (Å²) in [5.41, 5.74) is -0.776. The highest BCUT2D eigenvalue weighted by atomic mass is 35.5. The van der Waals surface area contributed by atoms with Gasteiger partial charge in [0.1, 0.15) is 6.54 Å². The first-order valence-corrected chi connectivity index (χ1v) is 10.4. The average molecular weight is 548 g/mol. The molecule has 0 atom stereocenters. The van der Waals surface area contributed by atoms with E-state index in [0.717, 1.165) is 18.2 Å². The van der Waals surface area contributed by atoms with Gasteiger partial charge in [0.15, 0.2) is 0 Å². The zero-order chi connectivity index (χ0) is 25.7. The SMILES string of the molecule is O=C(CNC(=O)c1ccc(CC=C(c2cc(Cl)c(Cl)c(Cl)c2)C(F)(F)F)cc1)NCC(F)(F)F. The Balaban J connectivity index is 2.07. The van der Waals surface area contributed by atoms with E-state index < -0.39 is 42.8 Å². The molecule has 184 valence electrons. The van der Waals surface area contributed by atoms with Gasteiger partial charge in [0.25, 0.3) is 5.91 Å². The third kappa shape index (κ3) is 8.41. The highest BCUT2D eigenvalue weighted by Gasteiger charge is 2.35. The number of amides is 2. The van der Waals surface area contributed by atoms with Crippen molar-refractivity contribution in [3.63, 3.8) is 0 Å². The Morgan fingerprint density at radius 1 is 0.853 bits per heavy atom. The Kier molecular flexibility index (Phi) is 9.27. The molecule has 0 radical (unpaired) electrons. The summed E-state index contributed by atoms with van der Waals surface area (Å²) in [6.07, 6.45) is -8.53. The summed E-state index contributed by atoms with van der Waals surface area (Å²) in [6.45, 7) is -2.21. The molecule has 0 unspecified atom stereocenters. The molecule has 0 heterocycles. The van der Waals surface area contributed by atoms with Crippen molar-refractivity contribution in [3.05, 3.63) is 74.2 Å². The van der Waals surface area contributed by atoms with E-state index in [4.69, 9.17) is 34.8 Å². The number of hydrogen-bond donors (Lipinski definition) is 2.